The predicted molar refractivity (Wildman–Crippen MR) is 80.9 cm³/mol. The first-order valence-electron chi connectivity index (χ1n) is 6.05. The van der Waals surface area contributed by atoms with Crippen LogP contribution in [0.1, 0.15) is 21.5 Å². The van der Waals surface area contributed by atoms with Crippen LogP contribution in [0.15, 0.2) is 40.9 Å². The number of carbonyl (C=O) groups is 1. The van der Waals surface area contributed by atoms with E-state index >= 15 is 0 Å². The van der Waals surface area contributed by atoms with E-state index in [1.54, 1.807) is 6.92 Å². The van der Waals surface area contributed by atoms with E-state index in [4.69, 9.17) is 5.73 Å². The number of nitrogen functional groups attached to an aromatic ring is 1. The van der Waals surface area contributed by atoms with Crippen LogP contribution in [0.3, 0.4) is 0 Å². The van der Waals surface area contributed by atoms with Crippen LogP contribution in [-0.2, 0) is 6.54 Å². The number of aryl methyl sites for hydroxylation is 1. The fraction of sp³-hybridized carbons (Fsp3) is 0.133. The molecule has 0 aliphatic rings. The molecule has 1 amide bonds. The lowest BCUT2D eigenvalue weighted by Crippen LogP contribution is -2.24. The molecule has 0 aliphatic carbocycles. The van der Waals surface area contributed by atoms with Crippen LogP contribution < -0.4 is 11.1 Å². The molecular weight excluding hydrogens is 323 g/mol. The molecule has 0 saturated heterocycles. The second-order valence-corrected chi connectivity index (χ2v) is 5.43. The van der Waals surface area contributed by atoms with Gasteiger partial charge in [0.2, 0.25) is 0 Å². The van der Waals surface area contributed by atoms with Gasteiger partial charge in [-0.15, -0.1) is 0 Å². The highest BCUT2D eigenvalue weighted by Gasteiger charge is 2.14. The normalized spacial score (nSPS) is 10.3. The Labute approximate surface area is 125 Å². The van der Waals surface area contributed by atoms with Crippen molar-refractivity contribution in [2.24, 2.45) is 0 Å². The van der Waals surface area contributed by atoms with Gasteiger partial charge in [0.05, 0.1) is 5.56 Å². The number of hydrogen-bond donors (Lipinski definition) is 2. The lowest BCUT2D eigenvalue weighted by Gasteiger charge is -2.09. The molecule has 20 heavy (non-hydrogen) atoms. The van der Waals surface area contributed by atoms with Gasteiger partial charge in [-0.3, -0.25) is 4.79 Å². The maximum absolute atomic E-state index is 13.9. The van der Waals surface area contributed by atoms with Crippen LogP contribution in [0.4, 0.5) is 10.1 Å². The Balaban J connectivity index is 2.13. The first kappa shape index (κ1) is 14.5. The molecule has 0 aliphatic heterocycles. The van der Waals surface area contributed by atoms with Gasteiger partial charge in [0, 0.05) is 16.7 Å². The quantitative estimate of drug-likeness (QED) is 0.844. The largest absolute Gasteiger partial charge is 0.399 e. The topological polar surface area (TPSA) is 55.1 Å². The van der Waals surface area contributed by atoms with Crippen molar-refractivity contribution in [1.82, 2.24) is 5.32 Å². The van der Waals surface area contributed by atoms with Gasteiger partial charge < -0.3 is 11.1 Å². The molecule has 0 radical (unpaired) electrons. The van der Waals surface area contributed by atoms with Crippen molar-refractivity contribution >= 4 is 27.5 Å². The maximum Gasteiger partial charge on any atom is 0.254 e. The highest BCUT2D eigenvalue weighted by molar-refractivity contribution is 9.10. The number of nitrogens with two attached hydrogens (primary N) is 1. The molecule has 3 nitrogen and oxygen atoms in total. The monoisotopic (exact) mass is 336 g/mol. The Morgan fingerprint density at radius 1 is 1.35 bits per heavy atom. The highest BCUT2D eigenvalue weighted by Crippen LogP contribution is 2.17. The van der Waals surface area contributed by atoms with Crippen molar-refractivity contribution in [1.29, 1.82) is 0 Å². The van der Waals surface area contributed by atoms with Gasteiger partial charge in [0.25, 0.3) is 5.91 Å². The van der Waals surface area contributed by atoms with Crippen molar-refractivity contribution in [2.75, 3.05) is 5.73 Å². The van der Waals surface area contributed by atoms with E-state index in [2.05, 4.69) is 21.2 Å². The second-order valence-electron chi connectivity index (χ2n) is 4.51. The fourth-order valence-electron chi connectivity index (χ4n) is 1.89. The van der Waals surface area contributed by atoms with E-state index in [9.17, 15) is 9.18 Å². The Morgan fingerprint density at radius 2 is 2.10 bits per heavy atom. The number of benzene rings is 2. The number of anilines is 1. The van der Waals surface area contributed by atoms with E-state index in [-0.39, 0.29) is 5.56 Å². The average Bonchev–Trinajstić information content (AvgIpc) is 2.40. The smallest absolute Gasteiger partial charge is 0.254 e. The zero-order valence-corrected chi connectivity index (χ0v) is 12.5. The summed E-state index contributed by atoms with van der Waals surface area (Å²) in [5, 5.41) is 2.68. The molecule has 0 saturated carbocycles. The maximum atomic E-state index is 13.9. The summed E-state index contributed by atoms with van der Waals surface area (Å²) in [6.07, 6.45) is 0. The van der Waals surface area contributed by atoms with Gasteiger partial charge in [-0.1, -0.05) is 28.1 Å². The fourth-order valence-corrected chi connectivity index (χ4v) is 2.33. The molecule has 2 aromatic carbocycles. The van der Waals surface area contributed by atoms with Gasteiger partial charge in [-0.05, 0) is 42.3 Å². The molecule has 0 spiro atoms. The van der Waals surface area contributed by atoms with E-state index in [0.29, 0.717) is 17.8 Å². The summed E-state index contributed by atoms with van der Waals surface area (Å²) in [5.41, 5.74) is 7.27. The summed E-state index contributed by atoms with van der Waals surface area (Å²) in [5.74, 6) is -1.01. The molecule has 2 rings (SSSR count). The van der Waals surface area contributed by atoms with Crippen molar-refractivity contribution in [3.8, 4) is 0 Å². The molecule has 2 aromatic rings. The first-order chi connectivity index (χ1) is 9.47. The molecule has 0 aromatic heterocycles. The van der Waals surface area contributed by atoms with Gasteiger partial charge in [0.1, 0.15) is 5.82 Å². The van der Waals surface area contributed by atoms with E-state index in [1.807, 2.05) is 24.3 Å². The molecule has 104 valence electrons. The molecule has 0 bridgehead atoms. The number of rotatable bonds is 3. The van der Waals surface area contributed by atoms with Crippen molar-refractivity contribution in [3.63, 3.8) is 0 Å². The van der Waals surface area contributed by atoms with E-state index in [1.165, 1.54) is 12.1 Å². The Hall–Kier alpha value is -1.88. The minimum absolute atomic E-state index is 0.0301. The van der Waals surface area contributed by atoms with Crippen LogP contribution in [0.5, 0.6) is 0 Å². The van der Waals surface area contributed by atoms with Gasteiger partial charge in [0.15, 0.2) is 0 Å². The third-order valence-corrected chi connectivity index (χ3v) is 3.36. The summed E-state index contributed by atoms with van der Waals surface area (Å²) in [6, 6.07) is 10.4. The number of hydrogen-bond acceptors (Lipinski definition) is 2. The summed E-state index contributed by atoms with van der Waals surface area (Å²) in [7, 11) is 0. The Kier molecular flexibility index (Phi) is 4.39. The first-order valence-corrected chi connectivity index (χ1v) is 6.85. The Bertz CT molecular complexity index is 658. The molecule has 0 unspecified atom stereocenters. The highest BCUT2D eigenvalue weighted by atomic mass is 79.9. The summed E-state index contributed by atoms with van der Waals surface area (Å²) >= 11 is 3.36. The molecule has 3 N–H and O–H groups in total. The van der Waals surface area contributed by atoms with Crippen LogP contribution >= 0.6 is 15.9 Å². The SMILES string of the molecule is Cc1cc(N)cc(C(=O)NCc2cccc(Br)c2)c1F. The summed E-state index contributed by atoms with van der Waals surface area (Å²) in [4.78, 5) is 12.0. The molecule has 0 fully saturated rings. The minimum atomic E-state index is -0.536. The number of nitrogens with one attached hydrogen (secondary N) is 1. The third-order valence-electron chi connectivity index (χ3n) is 2.86. The molecule has 0 atom stereocenters. The van der Waals surface area contributed by atoms with Crippen molar-refractivity contribution < 1.29 is 9.18 Å². The van der Waals surface area contributed by atoms with Crippen molar-refractivity contribution in [2.45, 2.75) is 13.5 Å². The predicted octanol–water partition coefficient (Wildman–Crippen LogP) is 3.41. The molecule has 0 heterocycles. The number of carbonyl (C=O) groups excluding carboxylic acids is 1. The van der Waals surface area contributed by atoms with Gasteiger partial charge >= 0.3 is 0 Å². The Morgan fingerprint density at radius 3 is 2.80 bits per heavy atom. The van der Waals surface area contributed by atoms with Gasteiger partial charge in [-0.2, -0.15) is 0 Å². The molecular formula is C15H14BrFN2O. The standard InChI is InChI=1S/C15H14BrFN2O/c1-9-5-12(18)7-13(14(9)17)15(20)19-8-10-3-2-4-11(16)6-10/h2-7H,8,18H2,1H3,(H,19,20). The zero-order chi connectivity index (χ0) is 14.7. The van der Waals surface area contributed by atoms with Crippen LogP contribution in [0.2, 0.25) is 0 Å². The average molecular weight is 337 g/mol. The van der Waals surface area contributed by atoms with E-state index < -0.39 is 11.7 Å². The number of halogens is 2. The van der Waals surface area contributed by atoms with Crippen LogP contribution in [0.25, 0.3) is 0 Å². The van der Waals surface area contributed by atoms with E-state index in [0.717, 1.165) is 10.0 Å². The third kappa shape index (κ3) is 3.36. The van der Waals surface area contributed by atoms with Gasteiger partial charge in [-0.25, -0.2) is 4.39 Å². The van der Waals surface area contributed by atoms with Crippen LogP contribution in [0, 0.1) is 12.7 Å². The van der Waals surface area contributed by atoms with Crippen LogP contribution in [-0.4, -0.2) is 5.91 Å². The zero-order valence-electron chi connectivity index (χ0n) is 10.9. The van der Waals surface area contributed by atoms with Crippen molar-refractivity contribution in [3.05, 3.63) is 63.4 Å². The summed E-state index contributed by atoms with van der Waals surface area (Å²) in [6.45, 7) is 1.91. The molecule has 5 heteroatoms. The summed E-state index contributed by atoms with van der Waals surface area (Å²) < 4.78 is 14.8. The lowest BCUT2D eigenvalue weighted by atomic mass is 10.1. The second kappa shape index (κ2) is 6.05. The lowest BCUT2D eigenvalue weighted by molar-refractivity contribution is 0.0946. The number of amides is 1. The minimum Gasteiger partial charge on any atom is -0.399 e.